The highest BCUT2D eigenvalue weighted by Gasteiger charge is 2.21. The van der Waals surface area contributed by atoms with Gasteiger partial charge in [0.05, 0.1) is 23.0 Å². The Morgan fingerprint density at radius 3 is 2.90 bits per heavy atom. The number of carbonyl (C=O) groups excluding carboxylic acids is 1. The normalized spacial score (nSPS) is 12.4. The standard InChI is InChI=1S/C19H19BrClFN4O3/c1-10(2)15(27)9-29-25-19(28)12-8-26-6-5-23-18(26)16(21)17(12)24-14-4-3-11(20)7-13(14)22/h3-8,10,15,24,27H,9H2,1-2H3,(H,25,28). The molecule has 2 heterocycles. The molecule has 0 spiro atoms. The molecule has 3 rings (SSSR count). The molecule has 0 saturated carbocycles. The van der Waals surface area contributed by atoms with E-state index < -0.39 is 17.8 Å². The first-order chi connectivity index (χ1) is 13.8. The summed E-state index contributed by atoms with van der Waals surface area (Å²) in [6.45, 7) is 3.59. The molecule has 29 heavy (non-hydrogen) atoms. The van der Waals surface area contributed by atoms with Gasteiger partial charge in [-0.1, -0.05) is 41.4 Å². The highest BCUT2D eigenvalue weighted by atomic mass is 79.9. The average molecular weight is 486 g/mol. The smallest absolute Gasteiger partial charge is 0.278 e. The van der Waals surface area contributed by atoms with Crippen molar-refractivity contribution in [2.24, 2.45) is 5.92 Å². The average Bonchev–Trinajstić information content (AvgIpc) is 3.14. The fraction of sp³-hybridized carbons (Fsp3) is 0.263. The number of halogens is 3. The summed E-state index contributed by atoms with van der Waals surface area (Å²) in [5.41, 5.74) is 3.11. The quantitative estimate of drug-likeness (QED) is 0.434. The fourth-order valence-electron chi connectivity index (χ4n) is 2.48. The van der Waals surface area contributed by atoms with E-state index in [1.807, 2.05) is 13.8 Å². The van der Waals surface area contributed by atoms with E-state index in [0.717, 1.165) is 0 Å². The number of fused-ring (bicyclic) bond motifs is 1. The summed E-state index contributed by atoms with van der Waals surface area (Å²) in [5.74, 6) is -1.17. The van der Waals surface area contributed by atoms with Crippen molar-refractivity contribution < 1.29 is 19.1 Å². The second-order valence-corrected chi connectivity index (χ2v) is 7.99. The van der Waals surface area contributed by atoms with E-state index in [0.29, 0.717) is 10.1 Å². The first-order valence-corrected chi connectivity index (χ1v) is 9.92. The lowest BCUT2D eigenvalue weighted by Gasteiger charge is -2.17. The van der Waals surface area contributed by atoms with Gasteiger partial charge in [-0.05, 0) is 24.1 Å². The van der Waals surface area contributed by atoms with Crippen molar-refractivity contribution in [3.05, 3.63) is 57.7 Å². The summed E-state index contributed by atoms with van der Waals surface area (Å²) in [5, 5.41) is 12.8. The predicted octanol–water partition coefficient (Wildman–Crippen LogP) is 4.31. The van der Waals surface area contributed by atoms with E-state index >= 15 is 0 Å². The molecular weight excluding hydrogens is 467 g/mol. The van der Waals surface area contributed by atoms with Gasteiger partial charge in [-0.2, -0.15) is 0 Å². The fourth-order valence-corrected chi connectivity index (χ4v) is 3.11. The number of hydrogen-bond donors (Lipinski definition) is 3. The van der Waals surface area contributed by atoms with Gasteiger partial charge in [0, 0.05) is 23.1 Å². The number of anilines is 2. The predicted molar refractivity (Wildman–Crippen MR) is 112 cm³/mol. The summed E-state index contributed by atoms with van der Waals surface area (Å²) in [7, 11) is 0. The Morgan fingerprint density at radius 2 is 2.21 bits per heavy atom. The van der Waals surface area contributed by atoms with E-state index in [-0.39, 0.29) is 34.5 Å². The lowest BCUT2D eigenvalue weighted by atomic mass is 10.1. The number of amides is 1. The van der Waals surface area contributed by atoms with Gasteiger partial charge in [0.2, 0.25) is 0 Å². The zero-order valence-electron chi connectivity index (χ0n) is 15.6. The van der Waals surface area contributed by atoms with E-state index in [1.165, 1.54) is 24.5 Å². The Hall–Kier alpha value is -2.20. The first kappa shape index (κ1) is 21.5. The molecule has 0 aliphatic rings. The Labute approximate surface area is 179 Å². The zero-order valence-corrected chi connectivity index (χ0v) is 18.0. The van der Waals surface area contributed by atoms with Crippen LogP contribution in [0.3, 0.4) is 0 Å². The number of hydroxylamine groups is 1. The molecule has 154 valence electrons. The Morgan fingerprint density at radius 1 is 1.45 bits per heavy atom. The van der Waals surface area contributed by atoms with Crippen LogP contribution in [0, 0.1) is 11.7 Å². The summed E-state index contributed by atoms with van der Waals surface area (Å²) in [6, 6.07) is 4.46. The molecule has 1 aromatic carbocycles. The monoisotopic (exact) mass is 484 g/mol. The Kier molecular flexibility index (Phi) is 6.74. The maximum atomic E-state index is 14.3. The number of aliphatic hydroxyl groups excluding tert-OH is 1. The number of carbonyl (C=O) groups is 1. The van der Waals surface area contributed by atoms with Crippen LogP contribution >= 0.6 is 27.5 Å². The molecule has 7 nitrogen and oxygen atoms in total. The first-order valence-electron chi connectivity index (χ1n) is 8.75. The number of aliphatic hydroxyl groups is 1. The third-order valence-electron chi connectivity index (χ3n) is 4.25. The lowest BCUT2D eigenvalue weighted by Crippen LogP contribution is -2.31. The van der Waals surface area contributed by atoms with E-state index in [1.54, 1.807) is 16.7 Å². The van der Waals surface area contributed by atoms with Crippen LogP contribution in [0.1, 0.15) is 24.2 Å². The van der Waals surface area contributed by atoms with Gasteiger partial charge in [0.15, 0.2) is 5.65 Å². The zero-order chi connectivity index (χ0) is 21.1. The van der Waals surface area contributed by atoms with Crippen molar-refractivity contribution in [1.29, 1.82) is 0 Å². The highest BCUT2D eigenvalue weighted by molar-refractivity contribution is 9.10. The maximum absolute atomic E-state index is 14.3. The van der Waals surface area contributed by atoms with Crippen LogP contribution in [-0.2, 0) is 4.84 Å². The molecule has 0 aliphatic carbocycles. The molecule has 0 aliphatic heterocycles. The second-order valence-electron chi connectivity index (χ2n) is 6.69. The Balaban J connectivity index is 1.92. The van der Waals surface area contributed by atoms with Crippen LogP contribution in [0.15, 0.2) is 41.3 Å². The van der Waals surface area contributed by atoms with Gasteiger partial charge in [-0.3, -0.25) is 9.63 Å². The Bertz CT molecular complexity index is 1040. The molecule has 10 heteroatoms. The van der Waals surface area contributed by atoms with E-state index in [9.17, 15) is 14.3 Å². The summed E-state index contributed by atoms with van der Waals surface area (Å²) < 4.78 is 16.5. The van der Waals surface area contributed by atoms with Crippen LogP contribution in [0.5, 0.6) is 0 Å². The summed E-state index contributed by atoms with van der Waals surface area (Å²) in [4.78, 5) is 22.0. The minimum Gasteiger partial charge on any atom is -0.390 e. The van der Waals surface area contributed by atoms with Gasteiger partial charge in [0.25, 0.3) is 5.91 Å². The number of aromatic nitrogens is 2. The SMILES string of the molecule is CC(C)C(O)CONC(=O)c1cn2ccnc2c(Cl)c1Nc1ccc(Br)cc1F. The van der Waals surface area contributed by atoms with Crippen LogP contribution in [0.25, 0.3) is 5.65 Å². The van der Waals surface area contributed by atoms with Gasteiger partial charge in [0.1, 0.15) is 17.4 Å². The van der Waals surface area contributed by atoms with Gasteiger partial charge in [-0.15, -0.1) is 0 Å². The van der Waals surface area contributed by atoms with Crippen LogP contribution in [0.4, 0.5) is 15.8 Å². The minimum atomic E-state index is -0.732. The molecule has 0 saturated heterocycles. The third kappa shape index (κ3) is 4.87. The molecule has 0 bridgehead atoms. The number of imidazole rings is 1. The van der Waals surface area contributed by atoms with Gasteiger partial charge >= 0.3 is 0 Å². The molecule has 1 atom stereocenters. The number of nitrogens with zero attached hydrogens (tertiary/aromatic N) is 2. The molecule has 0 fully saturated rings. The van der Waals surface area contributed by atoms with Crippen LogP contribution in [-0.4, -0.2) is 33.1 Å². The summed E-state index contributed by atoms with van der Waals surface area (Å²) >= 11 is 9.66. The van der Waals surface area contributed by atoms with Crippen molar-refractivity contribution in [2.45, 2.75) is 20.0 Å². The molecular formula is C19H19BrClFN4O3. The lowest BCUT2D eigenvalue weighted by molar-refractivity contribution is -0.0268. The highest BCUT2D eigenvalue weighted by Crippen LogP contribution is 2.33. The van der Waals surface area contributed by atoms with Crippen molar-refractivity contribution in [2.75, 3.05) is 11.9 Å². The van der Waals surface area contributed by atoms with Crippen molar-refractivity contribution >= 4 is 50.5 Å². The molecule has 2 aromatic heterocycles. The topological polar surface area (TPSA) is 87.9 Å². The largest absolute Gasteiger partial charge is 0.390 e. The maximum Gasteiger partial charge on any atom is 0.278 e. The summed E-state index contributed by atoms with van der Waals surface area (Å²) in [6.07, 6.45) is 3.93. The van der Waals surface area contributed by atoms with E-state index in [2.05, 4.69) is 31.7 Å². The van der Waals surface area contributed by atoms with Crippen molar-refractivity contribution in [1.82, 2.24) is 14.9 Å². The minimum absolute atomic E-state index is 0.0266. The van der Waals surface area contributed by atoms with Crippen molar-refractivity contribution in [3.63, 3.8) is 0 Å². The third-order valence-corrected chi connectivity index (χ3v) is 5.10. The number of benzene rings is 1. The number of hydrogen-bond acceptors (Lipinski definition) is 5. The molecule has 0 radical (unpaired) electrons. The molecule has 1 amide bonds. The molecule has 3 N–H and O–H groups in total. The van der Waals surface area contributed by atoms with Crippen molar-refractivity contribution in [3.8, 4) is 0 Å². The number of pyridine rings is 1. The van der Waals surface area contributed by atoms with Crippen LogP contribution in [0.2, 0.25) is 5.02 Å². The van der Waals surface area contributed by atoms with Gasteiger partial charge in [-0.25, -0.2) is 14.9 Å². The molecule has 3 aromatic rings. The molecule has 1 unspecified atom stereocenters. The van der Waals surface area contributed by atoms with E-state index in [4.69, 9.17) is 16.4 Å². The van der Waals surface area contributed by atoms with Crippen LogP contribution < -0.4 is 10.8 Å². The number of nitrogens with one attached hydrogen (secondary N) is 2. The second kappa shape index (κ2) is 9.08. The number of rotatable bonds is 7. The van der Waals surface area contributed by atoms with Gasteiger partial charge < -0.3 is 14.8 Å².